The fourth-order valence-electron chi connectivity index (χ4n) is 3.80. The number of thioether (sulfide) groups is 1. The lowest BCUT2D eigenvalue weighted by Gasteiger charge is -2.26. The Kier molecular flexibility index (Phi) is 6.82. The van der Waals surface area contributed by atoms with Crippen LogP contribution in [0.15, 0.2) is 58.5 Å². The van der Waals surface area contributed by atoms with Crippen LogP contribution in [0.2, 0.25) is 0 Å². The molecule has 0 atom stereocenters. The van der Waals surface area contributed by atoms with Gasteiger partial charge in [0.25, 0.3) is 0 Å². The molecule has 0 radical (unpaired) electrons. The summed E-state index contributed by atoms with van der Waals surface area (Å²) in [5.41, 5.74) is 1.75. The van der Waals surface area contributed by atoms with Crippen molar-refractivity contribution in [2.75, 3.05) is 32.1 Å². The highest BCUT2D eigenvalue weighted by molar-refractivity contribution is 8.00. The fraction of sp³-hybridized carbons (Fsp3) is 0.375. The van der Waals surface area contributed by atoms with E-state index in [1.54, 1.807) is 24.3 Å². The van der Waals surface area contributed by atoms with Gasteiger partial charge in [-0.05, 0) is 36.6 Å². The Hall–Kier alpha value is -2.53. The normalized spacial score (nSPS) is 17.1. The summed E-state index contributed by atoms with van der Waals surface area (Å²) in [4.78, 5) is 22.2. The van der Waals surface area contributed by atoms with Gasteiger partial charge >= 0.3 is 0 Å². The second kappa shape index (κ2) is 9.99. The average Bonchev–Trinajstić information content (AvgIpc) is 3.72. The quantitative estimate of drug-likeness (QED) is 0.376. The zero-order valence-corrected chi connectivity index (χ0v) is 20.3. The molecule has 1 aromatic heterocycles. The van der Waals surface area contributed by atoms with Crippen molar-refractivity contribution in [2.45, 2.75) is 35.2 Å². The Morgan fingerprint density at radius 1 is 1.06 bits per heavy atom. The van der Waals surface area contributed by atoms with Crippen LogP contribution in [0.3, 0.4) is 0 Å². The van der Waals surface area contributed by atoms with Crippen LogP contribution in [0.25, 0.3) is 10.9 Å². The number of fused-ring (bicyclic) bond motifs is 1. The van der Waals surface area contributed by atoms with Crippen molar-refractivity contribution in [2.24, 2.45) is 0 Å². The zero-order chi connectivity index (χ0) is 23.5. The summed E-state index contributed by atoms with van der Waals surface area (Å²) < 4.78 is 32.1. The Balaban J connectivity index is 1.18. The van der Waals surface area contributed by atoms with Crippen molar-refractivity contribution in [3.63, 3.8) is 0 Å². The first kappa shape index (κ1) is 23.2. The molecular weight excluding hydrogens is 472 g/mol. The maximum atomic E-state index is 12.7. The molecule has 0 spiro atoms. The number of carbonyl (C=O) groups is 1. The van der Waals surface area contributed by atoms with Crippen LogP contribution in [-0.4, -0.2) is 60.7 Å². The maximum Gasteiger partial charge on any atom is 0.243 e. The molecule has 3 aromatic rings. The minimum atomic E-state index is -3.52. The summed E-state index contributed by atoms with van der Waals surface area (Å²) in [7, 11) is -3.52. The highest BCUT2D eigenvalue weighted by Gasteiger charge is 2.28. The van der Waals surface area contributed by atoms with Crippen LogP contribution in [-0.2, 0) is 26.1 Å². The Morgan fingerprint density at radius 2 is 1.79 bits per heavy atom. The second-order valence-electron chi connectivity index (χ2n) is 8.40. The molecule has 10 heteroatoms. The highest BCUT2D eigenvalue weighted by atomic mass is 32.2. The van der Waals surface area contributed by atoms with E-state index < -0.39 is 10.0 Å². The average molecular weight is 499 g/mol. The fourth-order valence-corrected chi connectivity index (χ4v) is 6.06. The number of rotatable bonds is 8. The molecule has 8 nitrogen and oxygen atoms in total. The van der Waals surface area contributed by atoms with Crippen molar-refractivity contribution in [3.05, 3.63) is 59.9 Å². The van der Waals surface area contributed by atoms with Gasteiger partial charge in [-0.25, -0.2) is 18.4 Å². The first-order chi connectivity index (χ1) is 16.5. The minimum Gasteiger partial charge on any atom is -0.379 e. The number of ether oxygens (including phenoxy) is 1. The van der Waals surface area contributed by atoms with E-state index in [4.69, 9.17) is 9.72 Å². The van der Waals surface area contributed by atoms with Crippen molar-refractivity contribution in [3.8, 4) is 0 Å². The largest absolute Gasteiger partial charge is 0.379 e. The third-order valence-electron chi connectivity index (χ3n) is 5.89. The molecule has 5 rings (SSSR count). The molecule has 2 aromatic carbocycles. The van der Waals surface area contributed by atoms with Crippen molar-refractivity contribution < 1.29 is 17.9 Å². The lowest BCUT2D eigenvalue weighted by atomic mass is 10.2. The second-order valence-corrected chi connectivity index (χ2v) is 11.3. The molecule has 1 saturated carbocycles. The van der Waals surface area contributed by atoms with E-state index >= 15 is 0 Å². The minimum absolute atomic E-state index is 0.106. The van der Waals surface area contributed by atoms with Gasteiger partial charge in [-0.2, -0.15) is 4.31 Å². The molecule has 2 heterocycles. The Bertz CT molecular complexity index is 1290. The molecule has 2 fully saturated rings. The first-order valence-corrected chi connectivity index (χ1v) is 13.8. The summed E-state index contributed by atoms with van der Waals surface area (Å²) in [6.45, 7) is 1.88. The Morgan fingerprint density at radius 3 is 2.53 bits per heavy atom. The molecule has 1 aliphatic carbocycles. The first-order valence-electron chi connectivity index (χ1n) is 11.3. The van der Waals surface area contributed by atoms with E-state index in [1.807, 2.05) is 24.3 Å². The SMILES string of the molecule is O=C(CSc1nc(C2CC2)nc2ccccc12)NCc1ccc(S(=O)(=O)N2CCOCC2)cc1. The number of amides is 1. The van der Waals surface area contributed by atoms with Gasteiger partial charge < -0.3 is 10.1 Å². The van der Waals surface area contributed by atoms with Gasteiger partial charge in [0.1, 0.15) is 10.9 Å². The third-order valence-corrected chi connectivity index (χ3v) is 8.79. The van der Waals surface area contributed by atoms with E-state index in [2.05, 4.69) is 10.3 Å². The summed E-state index contributed by atoms with van der Waals surface area (Å²) in [5, 5.41) is 4.70. The molecule has 2 aliphatic rings. The van der Waals surface area contributed by atoms with Gasteiger partial charge in [0, 0.05) is 30.9 Å². The van der Waals surface area contributed by atoms with E-state index in [0.29, 0.717) is 38.8 Å². The summed E-state index contributed by atoms with van der Waals surface area (Å²) in [5.74, 6) is 1.45. The zero-order valence-electron chi connectivity index (χ0n) is 18.6. The van der Waals surface area contributed by atoms with E-state index in [-0.39, 0.29) is 16.6 Å². The Labute approximate surface area is 203 Å². The summed E-state index contributed by atoms with van der Waals surface area (Å²) in [6, 6.07) is 14.5. The lowest BCUT2D eigenvalue weighted by Crippen LogP contribution is -2.40. The topological polar surface area (TPSA) is 101 Å². The van der Waals surface area contributed by atoms with Gasteiger partial charge in [0.2, 0.25) is 15.9 Å². The van der Waals surface area contributed by atoms with Gasteiger partial charge in [-0.15, -0.1) is 0 Å². The molecule has 1 N–H and O–H groups in total. The number of hydrogen-bond acceptors (Lipinski definition) is 7. The smallest absolute Gasteiger partial charge is 0.243 e. The van der Waals surface area contributed by atoms with Crippen molar-refractivity contribution in [1.82, 2.24) is 19.6 Å². The van der Waals surface area contributed by atoms with Crippen LogP contribution in [0.5, 0.6) is 0 Å². The monoisotopic (exact) mass is 498 g/mol. The van der Waals surface area contributed by atoms with E-state index in [9.17, 15) is 13.2 Å². The number of para-hydroxylation sites is 1. The van der Waals surface area contributed by atoms with Gasteiger partial charge in [-0.1, -0.05) is 42.1 Å². The van der Waals surface area contributed by atoms with Crippen LogP contribution >= 0.6 is 11.8 Å². The van der Waals surface area contributed by atoms with Gasteiger partial charge in [0.05, 0.1) is 29.4 Å². The molecular formula is C24H26N4O4S2. The molecule has 1 amide bonds. The number of hydrogen-bond donors (Lipinski definition) is 1. The number of morpholine rings is 1. The van der Waals surface area contributed by atoms with Crippen molar-refractivity contribution in [1.29, 1.82) is 0 Å². The van der Waals surface area contributed by atoms with E-state index in [1.165, 1.54) is 16.1 Å². The van der Waals surface area contributed by atoms with Gasteiger partial charge in [-0.3, -0.25) is 4.79 Å². The van der Waals surface area contributed by atoms with Crippen LogP contribution in [0.1, 0.15) is 30.1 Å². The van der Waals surface area contributed by atoms with Crippen LogP contribution < -0.4 is 5.32 Å². The standard InChI is InChI=1S/C24H26N4O4S2/c29-22(16-33-24-20-3-1-2-4-21(20)26-23(27-24)18-7-8-18)25-15-17-5-9-19(10-6-17)34(30,31)28-11-13-32-14-12-28/h1-6,9-10,18H,7-8,11-16H2,(H,25,29). The number of nitrogens with zero attached hydrogens (tertiary/aromatic N) is 3. The highest BCUT2D eigenvalue weighted by Crippen LogP contribution is 2.39. The predicted octanol–water partition coefficient (Wildman–Crippen LogP) is 2.94. The number of aromatic nitrogens is 2. The molecule has 1 aliphatic heterocycles. The van der Waals surface area contributed by atoms with Gasteiger partial charge in [0.15, 0.2) is 0 Å². The number of sulfonamides is 1. The third kappa shape index (κ3) is 5.25. The number of benzene rings is 2. The van der Waals surface area contributed by atoms with Crippen LogP contribution in [0.4, 0.5) is 0 Å². The number of nitrogens with one attached hydrogen (secondary N) is 1. The molecule has 1 saturated heterocycles. The summed E-state index contributed by atoms with van der Waals surface area (Å²) >= 11 is 1.42. The maximum absolute atomic E-state index is 12.7. The molecule has 178 valence electrons. The lowest BCUT2D eigenvalue weighted by molar-refractivity contribution is -0.118. The molecule has 0 unspecified atom stereocenters. The summed E-state index contributed by atoms with van der Waals surface area (Å²) in [6.07, 6.45) is 2.24. The van der Waals surface area contributed by atoms with Crippen LogP contribution in [0, 0.1) is 0 Å². The molecule has 34 heavy (non-hydrogen) atoms. The number of carbonyl (C=O) groups excluding carboxylic acids is 1. The van der Waals surface area contributed by atoms with E-state index in [0.717, 1.165) is 40.2 Å². The predicted molar refractivity (Wildman–Crippen MR) is 130 cm³/mol. The van der Waals surface area contributed by atoms with Crippen molar-refractivity contribution >= 4 is 38.6 Å². The molecule has 0 bridgehead atoms.